The average molecular weight is 445 g/mol. The minimum Gasteiger partial charge on any atom is -1.00 e. The molecule has 3 heteroatoms. The van der Waals surface area contributed by atoms with Gasteiger partial charge in [0.15, 0.2) is 12.4 Å². The van der Waals surface area contributed by atoms with Crippen molar-refractivity contribution in [3.05, 3.63) is 109 Å². The van der Waals surface area contributed by atoms with E-state index in [2.05, 4.69) is 126 Å². The Bertz CT molecular complexity index is 959. The van der Waals surface area contributed by atoms with Crippen molar-refractivity contribution in [1.82, 2.24) is 0 Å². The first-order valence-electron chi connectivity index (χ1n) is 9.85. The number of benzene rings is 3. The van der Waals surface area contributed by atoms with E-state index in [0.717, 1.165) is 30.0 Å². The van der Waals surface area contributed by atoms with Crippen LogP contribution in [0.25, 0.3) is 11.1 Å². The van der Waals surface area contributed by atoms with Gasteiger partial charge in [-0.15, -0.1) is 0 Å². The van der Waals surface area contributed by atoms with Crippen molar-refractivity contribution >= 4 is 17.1 Å². The molecule has 0 saturated heterocycles. The number of anilines is 3. The van der Waals surface area contributed by atoms with Crippen LogP contribution < -0.4 is 26.4 Å². The molecular weight excluding hydrogens is 420 g/mol. The third-order valence-electron chi connectivity index (χ3n) is 4.86. The number of aromatic nitrogens is 1. The van der Waals surface area contributed by atoms with E-state index in [9.17, 15) is 0 Å². The molecule has 1 heterocycles. The Morgan fingerprint density at radius 1 is 0.586 bits per heavy atom. The van der Waals surface area contributed by atoms with Gasteiger partial charge in [0, 0.05) is 35.6 Å². The summed E-state index contributed by atoms with van der Waals surface area (Å²) < 4.78 is 2.23. The lowest BCUT2D eigenvalue weighted by molar-refractivity contribution is -0.696. The van der Waals surface area contributed by atoms with Crippen molar-refractivity contribution in [3.8, 4) is 11.1 Å². The van der Waals surface area contributed by atoms with Gasteiger partial charge in [-0.25, -0.2) is 4.57 Å². The van der Waals surface area contributed by atoms with Gasteiger partial charge in [-0.1, -0.05) is 55.5 Å². The fourth-order valence-electron chi connectivity index (χ4n) is 3.46. The first-order chi connectivity index (χ1) is 13.8. The topological polar surface area (TPSA) is 7.12 Å². The molecule has 0 amide bonds. The Balaban J connectivity index is 0.00000240. The molecule has 3 aromatic carbocycles. The van der Waals surface area contributed by atoms with Crippen LogP contribution in [-0.2, 0) is 6.54 Å². The van der Waals surface area contributed by atoms with E-state index in [0.29, 0.717) is 0 Å². The number of nitrogens with zero attached hydrogens (tertiary/aromatic N) is 2. The second kappa shape index (κ2) is 10.0. The highest BCUT2D eigenvalue weighted by atomic mass is 79.9. The molecule has 0 unspecified atom stereocenters. The Morgan fingerprint density at radius 3 is 1.52 bits per heavy atom. The Kier molecular flexibility index (Phi) is 7.20. The lowest BCUT2D eigenvalue weighted by Gasteiger charge is -2.25. The summed E-state index contributed by atoms with van der Waals surface area (Å²) in [6, 6.07) is 34.2. The molecule has 4 rings (SSSR count). The summed E-state index contributed by atoms with van der Waals surface area (Å²) in [5.41, 5.74) is 5.93. The molecule has 0 spiro atoms. The number of pyridine rings is 1. The monoisotopic (exact) mass is 444 g/mol. The summed E-state index contributed by atoms with van der Waals surface area (Å²) in [5, 5.41) is 0. The number of aryl methyl sites for hydroxylation is 1. The summed E-state index contributed by atoms with van der Waals surface area (Å²) in [6.45, 7) is 3.26. The summed E-state index contributed by atoms with van der Waals surface area (Å²) >= 11 is 0. The minimum absolute atomic E-state index is 0. The minimum atomic E-state index is 0. The third-order valence-corrected chi connectivity index (χ3v) is 4.86. The average Bonchev–Trinajstić information content (AvgIpc) is 2.77. The fraction of sp³-hybridized carbons (Fsp3) is 0.115. The highest BCUT2D eigenvalue weighted by molar-refractivity contribution is 5.78. The SMILES string of the molecule is CCC[n+]1ccc(-c2ccc(N(c3ccccc3)c3ccccc3)cc2)cc1.[Br-]. The van der Waals surface area contributed by atoms with Crippen LogP contribution in [0.2, 0.25) is 0 Å². The van der Waals surface area contributed by atoms with Crippen LogP contribution in [0, 0.1) is 0 Å². The van der Waals surface area contributed by atoms with E-state index in [1.165, 1.54) is 11.1 Å². The van der Waals surface area contributed by atoms with Crippen molar-refractivity contribution in [3.63, 3.8) is 0 Å². The number of rotatable bonds is 6. The zero-order valence-corrected chi connectivity index (χ0v) is 18.2. The molecule has 0 atom stereocenters. The maximum Gasteiger partial charge on any atom is 0.169 e. The predicted octanol–water partition coefficient (Wildman–Crippen LogP) is 3.52. The van der Waals surface area contributed by atoms with Crippen molar-refractivity contribution in [2.75, 3.05) is 4.90 Å². The number of hydrogen-bond donors (Lipinski definition) is 0. The Morgan fingerprint density at radius 2 is 1.03 bits per heavy atom. The van der Waals surface area contributed by atoms with Crippen LogP contribution in [0.3, 0.4) is 0 Å². The number of halogens is 1. The van der Waals surface area contributed by atoms with Gasteiger partial charge in [-0.3, -0.25) is 0 Å². The van der Waals surface area contributed by atoms with Gasteiger partial charge >= 0.3 is 0 Å². The van der Waals surface area contributed by atoms with Crippen LogP contribution in [0.5, 0.6) is 0 Å². The lowest BCUT2D eigenvalue weighted by atomic mass is 10.1. The van der Waals surface area contributed by atoms with Gasteiger partial charge in [0.05, 0.1) is 0 Å². The molecule has 1 aromatic heterocycles. The maximum atomic E-state index is 2.28. The van der Waals surface area contributed by atoms with E-state index >= 15 is 0 Å². The van der Waals surface area contributed by atoms with Crippen LogP contribution >= 0.6 is 0 Å². The smallest absolute Gasteiger partial charge is 0.169 e. The molecule has 4 aromatic rings. The van der Waals surface area contributed by atoms with E-state index in [1.807, 2.05) is 0 Å². The highest BCUT2D eigenvalue weighted by Crippen LogP contribution is 2.35. The van der Waals surface area contributed by atoms with Gasteiger partial charge in [-0.05, 0) is 47.5 Å². The molecule has 0 fully saturated rings. The molecule has 2 nitrogen and oxygen atoms in total. The van der Waals surface area contributed by atoms with Crippen LogP contribution in [-0.4, -0.2) is 0 Å². The van der Waals surface area contributed by atoms with Crippen LogP contribution in [0.15, 0.2) is 109 Å². The Labute approximate surface area is 183 Å². The van der Waals surface area contributed by atoms with Gasteiger partial charge < -0.3 is 21.9 Å². The number of para-hydroxylation sites is 2. The van der Waals surface area contributed by atoms with E-state index < -0.39 is 0 Å². The van der Waals surface area contributed by atoms with Crippen molar-refractivity contribution in [2.45, 2.75) is 19.9 Å². The molecule has 0 N–H and O–H groups in total. The largest absolute Gasteiger partial charge is 1.00 e. The fourth-order valence-corrected chi connectivity index (χ4v) is 3.46. The van der Waals surface area contributed by atoms with Gasteiger partial charge in [0.2, 0.25) is 0 Å². The predicted molar refractivity (Wildman–Crippen MR) is 117 cm³/mol. The summed E-state index contributed by atoms with van der Waals surface area (Å²) in [7, 11) is 0. The quantitative estimate of drug-likeness (QED) is 0.412. The summed E-state index contributed by atoms with van der Waals surface area (Å²) in [6.07, 6.45) is 5.47. The molecule has 0 aliphatic carbocycles. The number of hydrogen-bond acceptors (Lipinski definition) is 1. The maximum absolute atomic E-state index is 2.28. The Hall–Kier alpha value is -2.91. The standard InChI is InChI=1S/C26H25N2.BrH/c1-2-19-27-20-17-23(18-21-27)22-13-15-26(16-14-22)28(24-9-5-3-6-10-24)25-11-7-4-8-12-25;/h3-18,20-21H,2,19H2,1H3;1H/q+1;/p-1. The zero-order valence-electron chi connectivity index (χ0n) is 16.6. The van der Waals surface area contributed by atoms with Crippen LogP contribution in [0.4, 0.5) is 17.1 Å². The molecule has 0 saturated carbocycles. The first-order valence-corrected chi connectivity index (χ1v) is 9.85. The van der Waals surface area contributed by atoms with Crippen molar-refractivity contribution < 1.29 is 21.5 Å². The second-order valence-corrected chi connectivity index (χ2v) is 6.88. The molecule has 0 aliphatic heterocycles. The summed E-state index contributed by atoms with van der Waals surface area (Å²) in [4.78, 5) is 2.28. The molecular formula is C26H25BrN2. The van der Waals surface area contributed by atoms with Crippen molar-refractivity contribution in [2.24, 2.45) is 0 Å². The third kappa shape index (κ3) is 4.93. The molecule has 0 radical (unpaired) electrons. The molecule has 0 aliphatic rings. The molecule has 29 heavy (non-hydrogen) atoms. The highest BCUT2D eigenvalue weighted by Gasteiger charge is 2.12. The lowest BCUT2D eigenvalue weighted by Crippen LogP contribution is -3.00. The summed E-state index contributed by atoms with van der Waals surface area (Å²) in [5.74, 6) is 0. The van der Waals surface area contributed by atoms with Crippen LogP contribution in [0.1, 0.15) is 13.3 Å². The normalized spacial score (nSPS) is 10.2. The zero-order chi connectivity index (χ0) is 19.2. The van der Waals surface area contributed by atoms with Gasteiger partial charge in [0.25, 0.3) is 0 Å². The van der Waals surface area contributed by atoms with Crippen molar-refractivity contribution in [1.29, 1.82) is 0 Å². The molecule has 146 valence electrons. The van der Waals surface area contributed by atoms with Gasteiger partial charge in [-0.2, -0.15) is 0 Å². The van der Waals surface area contributed by atoms with E-state index in [-0.39, 0.29) is 17.0 Å². The van der Waals surface area contributed by atoms with E-state index in [1.54, 1.807) is 0 Å². The second-order valence-electron chi connectivity index (χ2n) is 6.88. The van der Waals surface area contributed by atoms with E-state index in [4.69, 9.17) is 0 Å². The first kappa shape index (κ1) is 20.8. The van der Waals surface area contributed by atoms with Gasteiger partial charge in [0.1, 0.15) is 6.54 Å². The molecule has 0 bridgehead atoms.